The van der Waals surface area contributed by atoms with Gasteiger partial charge in [0.25, 0.3) is 0 Å². The molecule has 306 valence electrons. The Morgan fingerprint density at radius 3 is 1.59 bits per heavy atom. The molecule has 0 amide bonds. The molecule has 12 aromatic rings. The molecule has 0 N–H and O–H groups in total. The zero-order valence-electron chi connectivity index (χ0n) is 35.7. The summed E-state index contributed by atoms with van der Waals surface area (Å²) < 4.78 is 2.60. The van der Waals surface area contributed by atoms with E-state index in [-0.39, 0.29) is 0 Å². The van der Waals surface area contributed by atoms with E-state index in [2.05, 4.69) is 231 Å². The molecular formula is C63H38N2S. The second-order valence-corrected chi connectivity index (χ2v) is 18.7. The van der Waals surface area contributed by atoms with E-state index in [9.17, 15) is 0 Å². The number of nitrogens with zero attached hydrogens (tertiary/aromatic N) is 2. The molecule has 2 nitrogen and oxygen atoms in total. The Morgan fingerprint density at radius 1 is 0.288 bits per heavy atom. The molecule has 0 bridgehead atoms. The standard InChI is InChI=1S/C63H38N2S/c1-2-16-40(17-3-1)62-64-58(42-29-31-51-50-22-8-12-27-56(50)63(57(51)37-42)54-25-10-6-20-48(54)49-21-7-11-26-55(49)63)38-59(65-62)45-34-43(33-44(35-45)47-24-14-18-39-15-4-5-19-46(39)47)41-30-32-61-53(36-41)52-23-9-13-28-60(52)66-61/h1-38H. The first-order valence-electron chi connectivity index (χ1n) is 22.6. The van der Waals surface area contributed by atoms with Crippen LogP contribution in [0.5, 0.6) is 0 Å². The van der Waals surface area contributed by atoms with Gasteiger partial charge in [-0.1, -0.05) is 182 Å². The van der Waals surface area contributed by atoms with Crippen LogP contribution in [0.1, 0.15) is 22.3 Å². The average Bonchev–Trinajstić information content (AvgIpc) is 4.02. The highest BCUT2D eigenvalue weighted by atomic mass is 32.1. The minimum Gasteiger partial charge on any atom is -0.228 e. The molecule has 0 saturated heterocycles. The van der Waals surface area contributed by atoms with E-state index in [0.29, 0.717) is 5.82 Å². The van der Waals surface area contributed by atoms with E-state index in [1.54, 1.807) is 0 Å². The lowest BCUT2D eigenvalue weighted by atomic mass is 9.70. The summed E-state index contributed by atoms with van der Waals surface area (Å²) >= 11 is 1.85. The van der Waals surface area contributed by atoms with Gasteiger partial charge >= 0.3 is 0 Å². The molecule has 10 aromatic carbocycles. The molecule has 66 heavy (non-hydrogen) atoms. The Bertz CT molecular complexity index is 3890. The minimum absolute atomic E-state index is 0.455. The molecule has 0 saturated carbocycles. The zero-order valence-corrected chi connectivity index (χ0v) is 36.6. The van der Waals surface area contributed by atoms with Crippen molar-refractivity contribution in [3.63, 3.8) is 0 Å². The highest BCUT2D eigenvalue weighted by Crippen LogP contribution is 2.63. The van der Waals surface area contributed by atoms with Gasteiger partial charge in [-0.15, -0.1) is 11.3 Å². The van der Waals surface area contributed by atoms with Gasteiger partial charge in [-0.3, -0.25) is 0 Å². The summed E-state index contributed by atoms with van der Waals surface area (Å²) in [6.07, 6.45) is 0. The summed E-state index contributed by atoms with van der Waals surface area (Å²) in [6, 6.07) is 84.6. The van der Waals surface area contributed by atoms with Gasteiger partial charge in [-0.25, -0.2) is 9.97 Å². The molecular weight excluding hydrogens is 817 g/mol. The molecule has 2 aliphatic carbocycles. The normalized spacial score (nSPS) is 13.0. The third kappa shape index (κ3) is 5.47. The van der Waals surface area contributed by atoms with Crippen molar-refractivity contribution >= 4 is 42.3 Å². The Labute approximate surface area is 386 Å². The largest absolute Gasteiger partial charge is 0.228 e. The monoisotopic (exact) mass is 854 g/mol. The van der Waals surface area contributed by atoms with Crippen LogP contribution < -0.4 is 0 Å². The molecule has 0 fully saturated rings. The fourth-order valence-corrected chi connectivity index (χ4v) is 12.3. The molecule has 0 radical (unpaired) electrons. The van der Waals surface area contributed by atoms with Crippen LogP contribution in [-0.4, -0.2) is 9.97 Å². The number of benzene rings is 10. The molecule has 1 spiro atoms. The molecule has 2 aromatic heterocycles. The van der Waals surface area contributed by atoms with Crippen molar-refractivity contribution in [2.75, 3.05) is 0 Å². The average molecular weight is 855 g/mol. The summed E-state index contributed by atoms with van der Waals surface area (Å²) in [7, 11) is 0. The number of rotatable bonds is 5. The van der Waals surface area contributed by atoms with E-state index < -0.39 is 5.41 Å². The van der Waals surface area contributed by atoms with E-state index in [4.69, 9.17) is 9.97 Å². The van der Waals surface area contributed by atoms with E-state index in [1.807, 2.05) is 11.3 Å². The van der Waals surface area contributed by atoms with Gasteiger partial charge in [0.05, 0.1) is 16.8 Å². The number of hydrogen-bond acceptors (Lipinski definition) is 3. The maximum atomic E-state index is 5.44. The van der Waals surface area contributed by atoms with Crippen molar-refractivity contribution in [1.29, 1.82) is 0 Å². The number of aromatic nitrogens is 2. The Balaban J connectivity index is 1.01. The zero-order chi connectivity index (χ0) is 43.3. The van der Waals surface area contributed by atoms with Gasteiger partial charge in [0.1, 0.15) is 0 Å². The van der Waals surface area contributed by atoms with E-state index in [0.717, 1.165) is 39.2 Å². The smallest absolute Gasteiger partial charge is 0.160 e. The van der Waals surface area contributed by atoms with Crippen molar-refractivity contribution in [2.24, 2.45) is 0 Å². The highest BCUT2D eigenvalue weighted by Gasteiger charge is 2.51. The van der Waals surface area contributed by atoms with Gasteiger partial charge in [0, 0.05) is 36.9 Å². The first-order chi connectivity index (χ1) is 32.7. The lowest BCUT2D eigenvalue weighted by Gasteiger charge is -2.30. The second kappa shape index (κ2) is 14.4. The maximum absolute atomic E-state index is 5.44. The highest BCUT2D eigenvalue weighted by molar-refractivity contribution is 7.25. The predicted octanol–water partition coefficient (Wildman–Crippen LogP) is 16.7. The summed E-state index contributed by atoms with van der Waals surface area (Å²) in [6.45, 7) is 0. The van der Waals surface area contributed by atoms with E-state index in [1.165, 1.54) is 86.6 Å². The SMILES string of the molecule is c1ccc(-c2nc(-c3cc(-c4ccc5sc6ccccc6c5c4)cc(-c4cccc5ccccc45)c3)cc(-c3ccc4c(c3)C3(c5ccccc5-c5ccccc53)c3ccccc3-4)n2)cc1. The second-order valence-electron chi connectivity index (χ2n) is 17.6. The Hall–Kier alpha value is -8.24. The molecule has 3 heteroatoms. The summed E-state index contributed by atoms with van der Waals surface area (Å²) in [4.78, 5) is 10.9. The van der Waals surface area contributed by atoms with Crippen molar-refractivity contribution in [1.82, 2.24) is 9.97 Å². The van der Waals surface area contributed by atoms with Crippen molar-refractivity contribution in [2.45, 2.75) is 5.41 Å². The van der Waals surface area contributed by atoms with Gasteiger partial charge in [-0.2, -0.15) is 0 Å². The van der Waals surface area contributed by atoms with Crippen LogP contribution in [0, 0.1) is 0 Å². The van der Waals surface area contributed by atoms with Gasteiger partial charge in [0.15, 0.2) is 5.82 Å². The molecule has 0 aliphatic heterocycles. The Kier molecular flexibility index (Phi) is 8.10. The van der Waals surface area contributed by atoms with Crippen LogP contribution in [0.25, 0.3) is 109 Å². The number of fused-ring (bicyclic) bond motifs is 14. The molecule has 14 rings (SSSR count). The minimum atomic E-state index is -0.455. The third-order valence-electron chi connectivity index (χ3n) is 14.1. The molecule has 0 unspecified atom stereocenters. The van der Waals surface area contributed by atoms with Crippen LogP contribution in [0.15, 0.2) is 231 Å². The Morgan fingerprint density at radius 2 is 0.833 bits per heavy atom. The summed E-state index contributed by atoms with van der Waals surface area (Å²) in [5.41, 5.74) is 19.4. The number of thiophene rings is 1. The maximum Gasteiger partial charge on any atom is 0.160 e. The van der Waals surface area contributed by atoms with Crippen molar-refractivity contribution in [3.05, 3.63) is 253 Å². The van der Waals surface area contributed by atoms with Crippen LogP contribution >= 0.6 is 11.3 Å². The number of hydrogen-bond donors (Lipinski definition) is 0. The van der Waals surface area contributed by atoms with Crippen LogP contribution in [0.3, 0.4) is 0 Å². The van der Waals surface area contributed by atoms with Gasteiger partial charge in [-0.05, 0) is 126 Å². The molecule has 2 heterocycles. The van der Waals surface area contributed by atoms with E-state index >= 15 is 0 Å². The fourth-order valence-electron chi connectivity index (χ4n) is 11.2. The molecule has 2 aliphatic rings. The summed E-state index contributed by atoms with van der Waals surface area (Å²) in [5.74, 6) is 0.696. The predicted molar refractivity (Wildman–Crippen MR) is 276 cm³/mol. The lowest BCUT2D eigenvalue weighted by molar-refractivity contribution is 0.794. The van der Waals surface area contributed by atoms with Gasteiger partial charge < -0.3 is 0 Å². The third-order valence-corrected chi connectivity index (χ3v) is 15.2. The van der Waals surface area contributed by atoms with Crippen LogP contribution in [0.4, 0.5) is 0 Å². The topological polar surface area (TPSA) is 25.8 Å². The first kappa shape index (κ1) is 37.2. The summed E-state index contributed by atoms with van der Waals surface area (Å²) in [5, 5.41) is 5.01. The van der Waals surface area contributed by atoms with Crippen molar-refractivity contribution < 1.29 is 0 Å². The molecule has 0 atom stereocenters. The quantitative estimate of drug-likeness (QED) is 0.172. The van der Waals surface area contributed by atoms with Crippen LogP contribution in [-0.2, 0) is 5.41 Å². The van der Waals surface area contributed by atoms with Gasteiger partial charge in [0.2, 0.25) is 0 Å². The fraction of sp³-hybridized carbons (Fsp3) is 0.0159. The van der Waals surface area contributed by atoms with Crippen LogP contribution in [0.2, 0.25) is 0 Å². The lowest BCUT2D eigenvalue weighted by Crippen LogP contribution is -2.25. The van der Waals surface area contributed by atoms with Crippen molar-refractivity contribution in [3.8, 4) is 78.4 Å². The first-order valence-corrected chi connectivity index (χ1v) is 23.4.